The second-order valence-electron chi connectivity index (χ2n) is 5.95. The van der Waals surface area contributed by atoms with Crippen LogP contribution in [0.2, 0.25) is 0 Å². The third-order valence-electron chi connectivity index (χ3n) is 4.34. The molecule has 1 atom stereocenters. The summed E-state index contributed by atoms with van der Waals surface area (Å²) >= 11 is 0. The SMILES string of the molecule is CCCC1(C(=O)Nc2ccc(OC)c(C)c2)CCCNC1. The Morgan fingerprint density at radius 3 is 2.86 bits per heavy atom. The van der Waals surface area contributed by atoms with E-state index in [2.05, 4.69) is 17.6 Å². The molecule has 0 spiro atoms. The fourth-order valence-corrected chi connectivity index (χ4v) is 3.19. The van der Waals surface area contributed by atoms with E-state index < -0.39 is 0 Å². The number of carbonyl (C=O) groups excluding carboxylic acids is 1. The minimum absolute atomic E-state index is 0.140. The summed E-state index contributed by atoms with van der Waals surface area (Å²) in [7, 11) is 1.66. The van der Waals surface area contributed by atoms with Gasteiger partial charge >= 0.3 is 0 Å². The van der Waals surface area contributed by atoms with Crippen LogP contribution >= 0.6 is 0 Å². The molecule has 1 aromatic rings. The van der Waals surface area contributed by atoms with Crippen molar-refractivity contribution in [2.45, 2.75) is 39.5 Å². The second-order valence-corrected chi connectivity index (χ2v) is 5.95. The van der Waals surface area contributed by atoms with Gasteiger partial charge in [-0.25, -0.2) is 0 Å². The van der Waals surface area contributed by atoms with Crippen LogP contribution in [0, 0.1) is 12.3 Å². The molecule has 1 heterocycles. The highest BCUT2D eigenvalue weighted by molar-refractivity contribution is 5.95. The number of methoxy groups -OCH3 is 1. The van der Waals surface area contributed by atoms with Crippen molar-refractivity contribution in [2.75, 3.05) is 25.5 Å². The predicted molar refractivity (Wildman–Crippen MR) is 85.8 cm³/mol. The fraction of sp³-hybridized carbons (Fsp3) is 0.588. The monoisotopic (exact) mass is 290 g/mol. The number of anilines is 1. The van der Waals surface area contributed by atoms with E-state index in [4.69, 9.17) is 4.74 Å². The third-order valence-corrected chi connectivity index (χ3v) is 4.34. The minimum Gasteiger partial charge on any atom is -0.496 e. The van der Waals surface area contributed by atoms with Crippen LogP contribution in [0.1, 0.15) is 38.2 Å². The Labute approximate surface area is 127 Å². The second kappa shape index (κ2) is 6.94. The lowest BCUT2D eigenvalue weighted by molar-refractivity contribution is -0.127. The number of piperidine rings is 1. The quantitative estimate of drug-likeness (QED) is 0.876. The maximum atomic E-state index is 12.8. The molecule has 1 aliphatic rings. The maximum absolute atomic E-state index is 12.8. The lowest BCUT2D eigenvalue weighted by Crippen LogP contribution is -2.48. The summed E-state index contributed by atoms with van der Waals surface area (Å²) in [6.45, 7) is 5.92. The zero-order valence-electron chi connectivity index (χ0n) is 13.3. The molecule has 1 aromatic carbocycles. The van der Waals surface area contributed by atoms with Crippen LogP contribution in [0.3, 0.4) is 0 Å². The molecule has 4 heteroatoms. The van der Waals surface area contributed by atoms with Crippen LogP contribution in [-0.2, 0) is 4.79 Å². The van der Waals surface area contributed by atoms with E-state index >= 15 is 0 Å². The Kier molecular flexibility index (Phi) is 5.23. The molecule has 0 saturated carbocycles. The van der Waals surface area contributed by atoms with Crippen molar-refractivity contribution in [1.29, 1.82) is 0 Å². The van der Waals surface area contributed by atoms with E-state index in [1.54, 1.807) is 7.11 Å². The fourth-order valence-electron chi connectivity index (χ4n) is 3.19. The first kappa shape index (κ1) is 15.8. The van der Waals surface area contributed by atoms with Gasteiger partial charge in [-0.1, -0.05) is 13.3 Å². The summed E-state index contributed by atoms with van der Waals surface area (Å²) in [5.41, 5.74) is 1.61. The summed E-state index contributed by atoms with van der Waals surface area (Å²) in [6, 6.07) is 5.77. The lowest BCUT2D eigenvalue weighted by Gasteiger charge is -2.36. The normalized spacial score (nSPS) is 21.9. The summed E-state index contributed by atoms with van der Waals surface area (Å²) in [6.07, 6.45) is 3.99. The number of nitrogens with one attached hydrogen (secondary N) is 2. The van der Waals surface area contributed by atoms with Gasteiger partial charge < -0.3 is 15.4 Å². The third kappa shape index (κ3) is 3.56. The number of carbonyl (C=O) groups is 1. The van der Waals surface area contributed by atoms with Crippen molar-refractivity contribution < 1.29 is 9.53 Å². The molecular formula is C17H26N2O2. The Morgan fingerprint density at radius 1 is 1.48 bits per heavy atom. The van der Waals surface area contributed by atoms with Crippen LogP contribution in [0.5, 0.6) is 5.75 Å². The lowest BCUT2D eigenvalue weighted by atomic mass is 9.76. The van der Waals surface area contributed by atoms with Gasteiger partial charge in [-0.2, -0.15) is 0 Å². The highest BCUT2D eigenvalue weighted by atomic mass is 16.5. The molecule has 0 radical (unpaired) electrons. The van der Waals surface area contributed by atoms with Crippen LogP contribution < -0.4 is 15.4 Å². The standard InChI is InChI=1S/C17H26N2O2/c1-4-8-17(9-5-10-18-12-17)16(20)19-14-6-7-15(21-3)13(2)11-14/h6-7,11,18H,4-5,8-10,12H2,1-3H3,(H,19,20). The van der Waals surface area contributed by atoms with Crippen molar-refractivity contribution in [3.05, 3.63) is 23.8 Å². The zero-order chi connectivity index (χ0) is 15.3. The van der Waals surface area contributed by atoms with Crippen molar-refractivity contribution in [3.8, 4) is 5.75 Å². The number of hydrogen-bond donors (Lipinski definition) is 2. The van der Waals surface area contributed by atoms with E-state index in [1.807, 2.05) is 25.1 Å². The molecule has 1 fully saturated rings. The van der Waals surface area contributed by atoms with Gasteiger partial charge in [0.1, 0.15) is 5.75 Å². The van der Waals surface area contributed by atoms with Gasteiger partial charge in [0.15, 0.2) is 0 Å². The highest BCUT2D eigenvalue weighted by Crippen LogP contribution is 2.33. The Hall–Kier alpha value is -1.55. The maximum Gasteiger partial charge on any atom is 0.231 e. The van der Waals surface area contributed by atoms with Crippen molar-refractivity contribution in [2.24, 2.45) is 5.41 Å². The van der Waals surface area contributed by atoms with Gasteiger partial charge in [0.25, 0.3) is 0 Å². The van der Waals surface area contributed by atoms with E-state index in [0.29, 0.717) is 0 Å². The first-order valence-electron chi connectivity index (χ1n) is 7.78. The Balaban J connectivity index is 2.13. The molecule has 2 rings (SSSR count). The van der Waals surface area contributed by atoms with Gasteiger partial charge in [-0.05, 0) is 56.5 Å². The van der Waals surface area contributed by atoms with Crippen LogP contribution in [0.15, 0.2) is 18.2 Å². The minimum atomic E-state index is -0.263. The largest absolute Gasteiger partial charge is 0.496 e. The van der Waals surface area contributed by atoms with Gasteiger partial charge in [-0.3, -0.25) is 4.79 Å². The molecule has 0 aromatic heterocycles. The number of benzene rings is 1. The summed E-state index contributed by atoms with van der Waals surface area (Å²) in [5, 5.41) is 6.47. The van der Waals surface area contributed by atoms with Gasteiger partial charge in [0.05, 0.1) is 12.5 Å². The van der Waals surface area contributed by atoms with Crippen LogP contribution in [0.4, 0.5) is 5.69 Å². The predicted octanol–water partition coefficient (Wildman–Crippen LogP) is 3.11. The summed E-state index contributed by atoms with van der Waals surface area (Å²) < 4.78 is 5.26. The van der Waals surface area contributed by atoms with Crippen LogP contribution in [-0.4, -0.2) is 26.1 Å². The van der Waals surface area contributed by atoms with Gasteiger partial charge in [-0.15, -0.1) is 0 Å². The van der Waals surface area contributed by atoms with Crippen LogP contribution in [0.25, 0.3) is 0 Å². The molecule has 1 saturated heterocycles. The summed E-state index contributed by atoms with van der Waals surface area (Å²) in [4.78, 5) is 12.8. The topological polar surface area (TPSA) is 50.4 Å². The molecule has 1 amide bonds. The van der Waals surface area contributed by atoms with Gasteiger partial charge in [0, 0.05) is 12.2 Å². The average Bonchev–Trinajstić information content (AvgIpc) is 2.48. The van der Waals surface area contributed by atoms with E-state index in [1.165, 1.54) is 0 Å². The number of hydrogen-bond acceptors (Lipinski definition) is 3. The summed E-state index contributed by atoms with van der Waals surface area (Å²) in [5.74, 6) is 0.983. The molecule has 0 aliphatic carbocycles. The molecule has 0 bridgehead atoms. The Morgan fingerprint density at radius 2 is 2.29 bits per heavy atom. The van der Waals surface area contributed by atoms with E-state index in [-0.39, 0.29) is 11.3 Å². The van der Waals surface area contributed by atoms with E-state index in [0.717, 1.165) is 55.8 Å². The molecule has 116 valence electrons. The smallest absolute Gasteiger partial charge is 0.231 e. The van der Waals surface area contributed by atoms with Crippen molar-refractivity contribution in [1.82, 2.24) is 5.32 Å². The first-order valence-corrected chi connectivity index (χ1v) is 7.78. The molecule has 21 heavy (non-hydrogen) atoms. The van der Waals surface area contributed by atoms with Gasteiger partial charge in [0.2, 0.25) is 5.91 Å². The molecule has 1 unspecified atom stereocenters. The van der Waals surface area contributed by atoms with E-state index in [9.17, 15) is 4.79 Å². The number of aryl methyl sites for hydroxylation is 1. The number of ether oxygens (including phenoxy) is 1. The molecular weight excluding hydrogens is 264 g/mol. The Bertz CT molecular complexity index is 488. The highest BCUT2D eigenvalue weighted by Gasteiger charge is 2.38. The number of rotatable bonds is 5. The molecule has 2 N–H and O–H groups in total. The van der Waals surface area contributed by atoms with Crippen molar-refractivity contribution >= 4 is 11.6 Å². The number of amides is 1. The average molecular weight is 290 g/mol. The molecule has 1 aliphatic heterocycles. The zero-order valence-corrected chi connectivity index (χ0v) is 13.3. The molecule has 4 nitrogen and oxygen atoms in total. The van der Waals surface area contributed by atoms with Crippen molar-refractivity contribution in [3.63, 3.8) is 0 Å². The first-order chi connectivity index (χ1) is 10.1.